The largest absolute Gasteiger partial charge is 0.496 e. The summed E-state index contributed by atoms with van der Waals surface area (Å²) in [5.74, 6) is -0.0514. The molecule has 2 aromatic rings. The molecule has 2 aromatic carbocycles. The second kappa shape index (κ2) is 8.20. The summed E-state index contributed by atoms with van der Waals surface area (Å²) in [4.78, 5) is 29.1. The number of rotatable bonds is 3. The minimum atomic E-state index is -0.369. The first-order valence-electron chi connectivity index (χ1n) is 8.98. The van der Waals surface area contributed by atoms with Crippen molar-refractivity contribution in [3.63, 3.8) is 0 Å². The highest BCUT2D eigenvalue weighted by atomic mass is 19.1. The van der Waals surface area contributed by atoms with Crippen molar-refractivity contribution in [3.05, 3.63) is 65.0 Å². The Bertz CT molecular complexity index is 836. The monoisotopic (exact) mass is 370 g/mol. The van der Waals surface area contributed by atoms with E-state index < -0.39 is 0 Å². The van der Waals surface area contributed by atoms with E-state index in [0.29, 0.717) is 49.5 Å². The van der Waals surface area contributed by atoms with Gasteiger partial charge in [0.2, 0.25) is 0 Å². The molecule has 0 radical (unpaired) electrons. The van der Waals surface area contributed by atoms with Crippen LogP contribution in [0.25, 0.3) is 0 Å². The average Bonchev–Trinajstić information content (AvgIpc) is 2.93. The standard InChI is InChI=1S/C21H23FN2O3/c1-15-4-9-19(27-2)18(14-15)21(26)24-11-3-10-23(12-13-24)20(25)16-5-7-17(22)8-6-16/h4-9,14H,3,10-13H2,1-2H3. The number of aryl methyl sites for hydroxylation is 1. The van der Waals surface area contributed by atoms with Crippen LogP contribution in [0, 0.1) is 12.7 Å². The van der Waals surface area contributed by atoms with Gasteiger partial charge in [-0.1, -0.05) is 11.6 Å². The van der Waals surface area contributed by atoms with Crippen LogP contribution in [0.15, 0.2) is 42.5 Å². The highest BCUT2D eigenvalue weighted by molar-refractivity contribution is 5.97. The topological polar surface area (TPSA) is 49.9 Å². The lowest BCUT2D eigenvalue weighted by molar-refractivity contribution is 0.0717. The Kier molecular flexibility index (Phi) is 5.74. The van der Waals surface area contributed by atoms with Gasteiger partial charge in [-0.25, -0.2) is 4.39 Å². The summed E-state index contributed by atoms with van der Waals surface area (Å²) in [6.45, 7) is 3.95. The normalized spacial score (nSPS) is 14.6. The minimum Gasteiger partial charge on any atom is -0.496 e. The van der Waals surface area contributed by atoms with Gasteiger partial charge in [0.1, 0.15) is 11.6 Å². The first-order chi connectivity index (χ1) is 13.0. The fraction of sp³-hybridized carbons (Fsp3) is 0.333. The molecule has 3 rings (SSSR count). The zero-order valence-corrected chi connectivity index (χ0v) is 15.6. The molecule has 27 heavy (non-hydrogen) atoms. The lowest BCUT2D eigenvalue weighted by Gasteiger charge is -2.23. The Morgan fingerprint density at radius 1 is 0.926 bits per heavy atom. The van der Waals surface area contributed by atoms with Crippen LogP contribution in [0.3, 0.4) is 0 Å². The molecule has 1 fully saturated rings. The van der Waals surface area contributed by atoms with Crippen LogP contribution in [-0.4, -0.2) is 54.9 Å². The van der Waals surface area contributed by atoms with E-state index >= 15 is 0 Å². The molecule has 0 aliphatic carbocycles. The average molecular weight is 370 g/mol. The van der Waals surface area contributed by atoms with Gasteiger partial charge in [0, 0.05) is 31.7 Å². The molecule has 0 spiro atoms. The molecule has 0 N–H and O–H groups in total. The molecule has 6 heteroatoms. The lowest BCUT2D eigenvalue weighted by atomic mass is 10.1. The number of benzene rings is 2. The van der Waals surface area contributed by atoms with Crippen molar-refractivity contribution in [2.75, 3.05) is 33.3 Å². The number of carbonyl (C=O) groups excluding carboxylic acids is 2. The Hall–Kier alpha value is -2.89. The van der Waals surface area contributed by atoms with Crippen LogP contribution >= 0.6 is 0 Å². The van der Waals surface area contributed by atoms with Crippen LogP contribution in [0.5, 0.6) is 5.75 Å². The van der Waals surface area contributed by atoms with E-state index in [1.165, 1.54) is 24.3 Å². The number of hydrogen-bond acceptors (Lipinski definition) is 3. The molecule has 5 nitrogen and oxygen atoms in total. The van der Waals surface area contributed by atoms with E-state index in [-0.39, 0.29) is 17.6 Å². The molecule has 1 aliphatic rings. The molecular weight excluding hydrogens is 347 g/mol. The fourth-order valence-corrected chi connectivity index (χ4v) is 3.26. The van der Waals surface area contributed by atoms with Crippen molar-refractivity contribution in [1.29, 1.82) is 0 Å². The Labute approximate surface area is 158 Å². The van der Waals surface area contributed by atoms with Crippen molar-refractivity contribution in [2.24, 2.45) is 0 Å². The second-order valence-electron chi connectivity index (χ2n) is 6.65. The zero-order chi connectivity index (χ0) is 19.4. The van der Waals surface area contributed by atoms with Gasteiger partial charge in [-0.3, -0.25) is 9.59 Å². The number of nitrogens with zero attached hydrogens (tertiary/aromatic N) is 2. The summed E-state index contributed by atoms with van der Waals surface area (Å²) in [6, 6.07) is 11.1. The third-order valence-corrected chi connectivity index (χ3v) is 4.75. The molecule has 2 amide bonds. The number of carbonyl (C=O) groups is 2. The van der Waals surface area contributed by atoms with Crippen molar-refractivity contribution >= 4 is 11.8 Å². The molecule has 0 saturated carbocycles. The minimum absolute atomic E-state index is 0.0911. The molecule has 142 valence electrons. The summed E-state index contributed by atoms with van der Waals surface area (Å²) < 4.78 is 18.4. The summed E-state index contributed by atoms with van der Waals surface area (Å²) in [6.07, 6.45) is 0.687. The van der Waals surface area contributed by atoms with Crippen LogP contribution < -0.4 is 4.74 Å². The maximum Gasteiger partial charge on any atom is 0.257 e. The number of amides is 2. The fourth-order valence-electron chi connectivity index (χ4n) is 3.26. The lowest BCUT2D eigenvalue weighted by Crippen LogP contribution is -2.37. The second-order valence-corrected chi connectivity index (χ2v) is 6.65. The van der Waals surface area contributed by atoms with Crippen molar-refractivity contribution in [2.45, 2.75) is 13.3 Å². The summed E-state index contributed by atoms with van der Waals surface area (Å²) in [5.41, 5.74) is 1.98. The van der Waals surface area contributed by atoms with E-state index in [0.717, 1.165) is 5.56 Å². The summed E-state index contributed by atoms with van der Waals surface area (Å²) in [5, 5.41) is 0. The van der Waals surface area contributed by atoms with Crippen molar-refractivity contribution in [1.82, 2.24) is 9.80 Å². The number of methoxy groups -OCH3 is 1. The van der Waals surface area contributed by atoms with Gasteiger partial charge < -0.3 is 14.5 Å². The summed E-state index contributed by atoms with van der Waals surface area (Å²) in [7, 11) is 1.55. The molecule has 0 bridgehead atoms. The Balaban J connectivity index is 1.71. The van der Waals surface area contributed by atoms with Gasteiger partial charge in [0.15, 0.2) is 0 Å². The predicted molar refractivity (Wildman–Crippen MR) is 101 cm³/mol. The maximum atomic E-state index is 13.1. The first-order valence-corrected chi connectivity index (χ1v) is 8.98. The summed E-state index contributed by atoms with van der Waals surface area (Å²) >= 11 is 0. The van der Waals surface area contributed by atoms with E-state index in [4.69, 9.17) is 4.74 Å². The smallest absolute Gasteiger partial charge is 0.257 e. The molecular formula is C21H23FN2O3. The quantitative estimate of drug-likeness (QED) is 0.834. The maximum absolute atomic E-state index is 13.1. The van der Waals surface area contributed by atoms with Crippen LogP contribution in [0.2, 0.25) is 0 Å². The molecule has 1 aliphatic heterocycles. The first kappa shape index (κ1) is 18.9. The van der Waals surface area contributed by atoms with Gasteiger partial charge in [0.25, 0.3) is 11.8 Å². The van der Waals surface area contributed by atoms with E-state index in [1.54, 1.807) is 23.0 Å². The van der Waals surface area contributed by atoms with Gasteiger partial charge >= 0.3 is 0 Å². The Morgan fingerprint density at radius 3 is 2.19 bits per heavy atom. The third kappa shape index (κ3) is 4.27. The van der Waals surface area contributed by atoms with Crippen molar-refractivity contribution < 1.29 is 18.7 Å². The molecule has 1 heterocycles. The van der Waals surface area contributed by atoms with Gasteiger partial charge in [0.05, 0.1) is 12.7 Å². The molecule has 0 aromatic heterocycles. The van der Waals surface area contributed by atoms with Crippen LogP contribution in [0.4, 0.5) is 4.39 Å². The number of hydrogen-bond donors (Lipinski definition) is 0. The van der Waals surface area contributed by atoms with Gasteiger partial charge in [-0.05, 0) is 49.7 Å². The zero-order valence-electron chi connectivity index (χ0n) is 15.6. The van der Waals surface area contributed by atoms with E-state index in [9.17, 15) is 14.0 Å². The highest BCUT2D eigenvalue weighted by Gasteiger charge is 2.25. The number of halogens is 1. The highest BCUT2D eigenvalue weighted by Crippen LogP contribution is 2.22. The van der Waals surface area contributed by atoms with Crippen LogP contribution in [0.1, 0.15) is 32.7 Å². The molecule has 1 saturated heterocycles. The van der Waals surface area contributed by atoms with E-state index in [2.05, 4.69) is 0 Å². The SMILES string of the molecule is COc1ccc(C)cc1C(=O)N1CCCN(C(=O)c2ccc(F)cc2)CC1. The van der Waals surface area contributed by atoms with Gasteiger partial charge in [-0.2, -0.15) is 0 Å². The van der Waals surface area contributed by atoms with E-state index in [1.807, 2.05) is 19.1 Å². The van der Waals surface area contributed by atoms with Crippen molar-refractivity contribution in [3.8, 4) is 5.75 Å². The number of ether oxygens (including phenoxy) is 1. The molecule has 0 unspecified atom stereocenters. The molecule has 0 atom stereocenters. The predicted octanol–water partition coefficient (Wildman–Crippen LogP) is 3.13. The Morgan fingerprint density at radius 2 is 1.56 bits per heavy atom. The third-order valence-electron chi connectivity index (χ3n) is 4.75. The van der Waals surface area contributed by atoms with Crippen LogP contribution in [-0.2, 0) is 0 Å². The van der Waals surface area contributed by atoms with Gasteiger partial charge in [-0.15, -0.1) is 0 Å².